The zero-order chi connectivity index (χ0) is 13.8. The van der Waals surface area contributed by atoms with Crippen LogP contribution in [0.1, 0.15) is 36.8 Å². The van der Waals surface area contributed by atoms with Crippen molar-refractivity contribution in [2.75, 3.05) is 0 Å². The predicted molar refractivity (Wildman–Crippen MR) is 72.9 cm³/mol. The molecule has 2 rings (SSSR count). The maximum absolute atomic E-state index is 13.2. The van der Waals surface area contributed by atoms with Gasteiger partial charge in [0.05, 0.1) is 5.92 Å². The molecule has 0 saturated heterocycles. The van der Waals surface area contributed by atoms with Gasteiger partial charge in [-0.3, -0.25) is 4.79 Å². The highest BCUT2D eigenvalue weighted by Crippen LogP contribution is 2.24. The molecular weight excluding hydrogens is 243 g/mol. The van der Waals surface area contributed by atoms with Gasteiger partial charge in [0.25, 0.3) is 0 Å². The minimum absolute atomic E-state index is 0.0948. The molecule has 1 aliphatic carbocycles. The normalized spacial score (nSPS) is 23.3. The van der Waals surface area contributed by atoms with Gasteiger partial charge in [-0.15, -0.1) is 0 Å². The molecule has 0 unspecified atom stereocenters. The molecule has 2 atom stereocenters. The highest BCUT2D eigenvalue weighted by molar-refractivity contribution is 5.77. The van der Waals surface area contributed by atoms with Crippen molar-refractivity contribution in [1.29, 1.82) is 0 Å². The number of carbonyl (C=O) groups is 1. The summed E-state index contributed by atoms with van der Waals surface area (Å²) < 4.78 is 13.2. The third-order valence-corrected chi connectivity index (χ3v) is 4.00. The number of amides is 1. The summed E-state index contributed by atoms with van der Waals surface area (Å²) in [4.78, 5) is 11.4. The van der Waals surface area contributed by atoms with Crippen LogP contribution in [0.15, 0.2) is 18.2 Å². The van der Waals surface area contributed by atoms with Gasteiger partial charge in [-0.2, -0.15) is 0 Å². The Bertz CT molecular complexity index is 461. The lowest BCUT2D eigenvalue weighted by molar-refractivity contribution is -0.123. The SMILES string of the molecule is Cc1ccc(F)cc1CN[C@H]1CCCC[C@H]1C(N)=O. The molecule has 0 aliphatic heterocycles. The van der Waals surface area contributed by atoms with Crippen molar-refractivity contribution in [2.45, 2.75) is 45.2 Å². The van der Waals surface area contributed by atoms with Gasteiger partial charge in [0.1, 0.15) is 5.82 Å². The smallest absolute Gasteiger partial charge is 0.222 e. The monoisotopic (exact) mass is 264 g/mol. The molecule has 1 amide bonds. The lowest BCUT2D eigenvalue weighted by Crippen LogP contribution is -2.44. The first-order valence-corrected chi connectivity index (χ1v) is 6.85. The first-order valence-electron chi connectivity index (χ1n) is 6.85. The fourth-order valence-corrected chi connectivity index (χ4v) is 2.79. The summed E-state index contributed by atoms with van der Waals surface area (Å²) in [5.41, 5.74) is 7.44. The van der Waals surface area contributed by atoms with Gasteiger partial charge in [0, 0.05) is 12.6 Å². The molecule has 0 aromatic heterocycles. The number of benzene rings is 1. The van der Waals surface area contributed by atoms with Crippen LogP contribution >= 0.6 is 0 Å². The minimum Gasteiger partial charge on any atom is -0.369 e. The fourth-order valence-electron chi connectivity index (χ4n) is 2.79. The Labute approximate surface area is 113 Å². The van der Waals surface area contributed by atoms with E-state index >= 15 is 0 Å². The van der Waals surface area contributed by atoms with Gasteiger partial charge in [0.15, 0.2) is 0 Å². The van der Waals surface area contributed by atoms with E-state index < -0.39 is 0 Å². The van der Waals surface area contributed by atoms with Gasteiger partial charge >= 0.3 is 0 Å². The van der Waals surface area contributed by atoms with Crippen LogP contribution in [0.3, 0.4) is 0 Å². The quantitative estimate of drug-likeness (QED) is 0.876. The fraction of sp³-hybridized carbons (Fsp3) is 0.533. The average Bonchev–Trinajstić information content (AvgIpc) is 2.40. The molecule has 104 valence electrons. The summed E-state index contributed by atoms with van der Waals surface area (Å²) in [5.74, 6) is -0.548. The van der Waals surface area contributed by atoms with Crippen molar-refractivity contribution in [3.63, 3.8) is 0 Å². The summed E-state index contributed by atoms with van der Waals surface area (Å²) in [6, 6.07) is 4.91. The Kier molecular flexibility index (Phi) is 4.53. The van der Waals surface area contributed by atoms with Crippen molar-refractivity contribution in [3.8, 4) is 0 Å². The maximum Gasteiger partial charge on any atom is 0.222 e. The molecule has 1 aromatic rings. The van der Waals surface area contributed by atoms with Crippen LogP contribution in [0.25, 0.3) is 0 Å². The van der Waals surface area contributed by atoms with Gasteiger partial charge in [-0.05, 0) is 43.0 Å². The van der Waals surface area contributed by atoms with Gasteiger partial charge in [-0.1, -0.05) is 18.9 Å². The third-order valence-electron chi connectivity index (χ3n) is 4.00. The van der Waals surface area contributed by atoms with Crippen molar-refractivity contribution in [1.82, 2.24) is 5.32 Å². The van der Waals surface area contributed by atoms with Crippen LogP contribution in [0.2, 0.25) is 0 Å². The Morgan fingerprint density at radius 3 is 2.89 bits per heavy atom. The standard InChI is InChI=1S/C15H21FN2O/c1-10-6-7-12(16)8-11(10)9-18-14-5-3-2-4-13(14)15(17)19/h6-8,13-14,18H,2-5,9H2,1H3,(H2,17,19)/t13-,14+/m1/s1. The highest BCUT2D eigenvalue weighted by Gasteiger charge is 2.28. The van der Waals surface area contributed by atoms with E-state index in [-0.39, 0.29) is 23.7 Å². The van der Waals surface area contributed by atoms with E-state index in [2.05, 4.69) is 5.32 Å². The molecule has 1 aliphatic rings. The molecular formula is C15H21FN2O. The van der Waals surface area contributed by atoms with Gasteiger partial charge in [0.2, 0.25) is 5.91 Å². The molecule has 19 heavy (non-hydrogen) atoms. The first kappa shape index (κ1) is 14.0. The van der Waals surface area contributed by atoms with Crippen LogP contribution in [0.4, 0.5) is 4.39 Å². The first-order chi connectivity index (χ1) is 9.08. The van der Waals surface area contributed by atoms with Crippen LogP contribution < -0.4 is 11.1 Å². The average molecular weight is 264 g/mol. The number of nitrogens with one attached hydrogen (secondary N) is 1. The van der Waals surface area contributed by atoms with E-state index in [0.717, 1.165) is 36.8 Å². The summed E-state index contributed by atoms with van der Waals surface area (Å²) in [6.45, 7) is 2.54. The van der Waals surface area contributed by atoms with E-state index in [0.29, 0.717) is 6.54 Å². The number of carbonyl (C=O) groups excluding carboxylic acids is 1. The van der Waals surface area contributed by atoms with Crippen molar-refractivity contribution in [2.24, 2.45) is 11.7 Å². The van der Waals surface area contributed by atoms with Crippen LogP contribution in [-0.2, 0) is 11.3 Å². The van der Waals surface area contributed by atoms with Gasteiger partial charge < -0.3 is 11.1 Å². The van der Waals surface area contributed by atoms with Gasteiger partial charge in [-0.25, -0.2) is 4.39 Å². The summed E-state index contributed by atoms with van der Waals surface area (Å²) in [7, 11) is 0. The predicted octanol–water partition coefficient (Wildman–Crippen LogP) is 2.27. The van der Waals surface area contributed by atoms with E-state index in [1.165, 1.54) is 6.07 Å². The van der Waals surface area contributed by atoms with Crippen LogP contribution in [-0.4, -0.2) is 11.9 Å². The van der Waals surface area contributed by atoms with E-state index in [1.54, 1.807) is 12.1 Å². The van der Waals surface area contributed by atoms with E-state index in [4.69, 9.17) is 5.73 Å². The number of nitrogens with two attached hydrogens (primary N) is 1. The lowest BCUT2D eigenvalue weighted by atomic mass is 9.84. The number of hydrogen-bond acceptors (Lipinski definition) is 2. The Hall–Kier alpha value is -1.42. The molecule has 3 N–H and O–H groups in total. The number of hydrogen-bond donors (Lipinski definition) is 2. The molecule has 4 heteroatoms. The topological polar surface area (TPSA) is 55.1 Å². The second-order valence-electron chi connectivity index (χ2n) is 5.35. The molecule has 0 heterocycles. The molecule has 3 nitrogen and oxygen atoms in total. The highest BCUT2D eigenvalue weighted by atomic mass is 19.1. The van der Waals surface area contributed by atoms with E-state index in [9.17, 15) is 9.18 Å². The number of aryl methyl sites for hydroxylation is 1. The summed E-state index contributed by atoms with van der Waals surface area (Å²) in [5, 5.41) is 3.37. The molecule has 1 fully saturated rings. The second kappa shape index (κ2) is 6.15. The Balaban J connectivity index is 2.00. The van der Waals surface area contributed by atoms with Crippen LogP contribution in [0, 0.1) is 18.7 Å². The maximum atomic E-state index is 13.2. The molecule has 0 spiro atoms. The zero-order valence-electron chi connectivity index (χ0n) is 11.3. The molecule has 1 aromatic carbocycles. The summed E-state index contributed by atoms with van der Waals surface area (Å²) in [6.07, 6.45) is 3.99. The molecule has 0 radical (unpaired) electrons. The van der Waals surface area contributed by atoms with Crippen molar-refractivity contribution >= 4 is 5.91 Å². The number of halogens is 1. The third kappa shape index (κ3) is 3.53. The van der Waals surface area contributed by atoms with Crippen molar-refractivity contribution < 1.29 is 9.18 Å². The zero-order valence-corrected chi connectivity index (χ0v) is 11.3. The van der Waals surface area contributed by atoms with E-state index in [1.807, 2.05) is 6.92 Å². The Morgan fingerprint density at radius 1 is 1.42 bits per heavy atom. The lowest BCUT2D eigenvalue weighted by Gasteiger charge is -2.30. The minimum atomic E-state index is -0.229. The van der Waals surface area contributed by atoms with Crippen molar-refractivity contribution in [3.05, 3.63) is 35.1 Å². The Morgan fingerprint density at radius 2 is 2.16 bits per heavy atom. The second-order valence-corrected chi connectivity index (χ2v) is 5.35. The molecule has 0 bridgehead atoms. The molecule has 1 saturated carbocycles. The number of primary amides is 1. The largest absolute Gasteiger partial charge is 0.369 e. The number of rotatable bonds is 4. The summed E-state index contributed by atoms with van der Waals surface area (Å²) >= 11 is 0. The van der Waals surface area contributed by atoms with Crippen LogP contribution in [0.5, 0.6) is 0 Å².